The van der Waals surface area contributed by atoms with E-state index in [0.29, 0.717) is 22.4 Å². The maximum Gasteiger partial charge on any atom is 0.261 e. The van der Waals surface area contributed by atoms with Crippen molar-refractivity contribution in [2.45, 2.75) is 22.8 Å². The number of rotatable bonds is 11. The van der Waals surface area contributed by atoms with Crippen LogP contribution in [0, 0.1) is 0 Å². The third kappa shape index (κ3) is 5.87. The molecule has 0 fully saturated rings. The van der Waals surface area contributed by atoms with E-state index in [1.807, 2.05) is 0 Å². The minimum atomic E-state index is -4.18. The highest BCUT2D eigenvalue weighted by atomic mass is 32.2. The number of ether oxygens (including phenoxy) is 2. The third-order valence-electron chi connectivity index (χ3n) is 6.48. The number of nitrogens with zero attached hydrogens (tertiary/aromatic N) is 3. The molecule has 11 nitrogen and oxygen atoms in total. The van der Waals surface area contributed by atoms with Crippen LogP contribution in [0.1, 0.15) is 18.8 Å². The van der Waals surface area contributed by atoms with E-state index in [9.17, 15) is 21.6 Å². The zero-order chi connectivity index (χ0) is 29.1. The van der Waals surface area contributed by atoms with Crippen molar-refractivity contribution in [2.24, 2.45) is 7.05 Å². The minimum Gasteiger partial charge on any atom is -0.497 e. The minimum absolute atomic E-state index is 0.00417. The first-order valence-electron chi connectivity index (χ1n) is 12.2. The van der Waals surface area contributed by atoms with Crippen LogP contribution in [-0.4, -0.2) is 58.0 Å². The molecule has 0 aliphatic carbocycles. The van der Waals surface area contributed by atoms with Gasteiger partial charge in [0.25, 0.3) is 5.56 Å². The van der Waals surface area contributed by atoms with Gasteiger partial charge in [-0.1, -0.05) is 12.1 Å². The van der Waals surface area contributed by atoms with Gasteiger partial charge in [-0.05, 0) is 67.6 Å². The summed E-state index contributed by atoms with van der Waals surface area (Å²) < 4.78 is 68.7. The van der Waals surface area contributed by atoms with Crippen LogP contribution in [0.25, 0.3) is 10.9 Å². The molecule has 0 amide bonds. The molecule has 4 rings (SSSR count). The Morgan fingerprint density at radius 1 is 0.875 bits per heavy atom. The average Bonchev–Trinajstić information content (AvgIpc) is 2.96. The van der Waals surface area contributed by atoms with Crippen molar-refractivity contribution in [1.29, 1.82) is 0 Å². The molecular formula is C27H30N4O7S2. The predicted molar refractivity (Wildman–Crippen MR) is 150 cm³/mol. The maximum absolute atomic E-state index is 13.9. The first-order chi connectivity index (χ1) is 19.0. The van der Waals surface area contributed by atoms with Gasteiger partial charge >= 0.3 is 0 Å². The summed E-state index contributed by atoms with van der Waals surface area (Å²) in [5.74, 6) is 1.18. The number of para-hydroxylation sites is 1. The van der Waals surface area contributed by atoms with Crippen molar-refractivity contribution >= 4 is 30.9 Å². The Bertz CT molecular complexity index is 1770. The van der Waals surface area contributed by atoms with Crippen LogP contribution in [0.15, 0.2) is 87.4 Å². The van der Waals surface area contributed by atoms with Gasteiger partial charge in [-0.15, -0.1) is 0 Å². The highest BCUT2D eigenvalue weighted by Gasteiger charge is 2.32. The number of aromatic nitrogens is 2. The van der Waals surface area contributed by atoms with Crippen LogP contribution in [0.4, 0.5) is 0 Å². The number of hydrogen-bond donors (Lipinski definition) is 1. The van der Waals surface area contributed by atoms with E-state index in [1.165, 1.54) is 74.4 Å². The van der Waals surface area contributed by atoms with Crippen molar-refractivity contribution in [3.8, 4) is 11.5 Å². The van der Waals surface area contributed by atoms with Gasteiger partial charge in [-0.2, -0.15) is 4.31 Å². The molecule has 3 aromatic carbocycles. The van der Waals surface area contributed by atoms with Gasteiger partial charge in [0.2, 0.25) is 20.0 Å². The summed E-state index contributed by atoms with van der Waals surface area (Å²) in [7, 11) is -3.66. The van der Waals surface area contributed by atoms with Crippen LogP contribution in [0.3, 0.4) is 0 Å². The molecule has 0 saturated carbocycles. The van der Waals surface area contributed by atoms with E-state index in [1.54, 1.807) is 31.2 Å². The van der Waals surface area contributed by atoms with Crippen LogP contribution < -0.4 is 19.8 Å². The number of nitrogens with one attached hydrogen (secondary N) is 1. The van der Waals surface area contributed by atoms with E-state index in [2.05, 4.69) is 9.71 Å². The third-order valence-corrected chi connectivity index (χ3v) is 9.94. The van der Waals surface area contributed by atoms with Crippen molar-refractivity contribution in [3.63, 3.8) is 0 Å². The summed E-state index contributed by atoms with van der Waals surface area (Å²) in [5.41, 5.74) is 0.101. The fourth-order valence-corrected chi connectivity index (χ4v) is 6.89. The summed E-state index contributed by atoms with van der Waals surface area (Å²) in [5, 5.41) is 0.401. The second kappa shape index (κ2) is 11.8. The number of fused-ring (bicyclic) bond motifs is 1. The van der Waals surface area contributed by atoms with Gasteiger partial charge in [0, 0.05) is 20.1 Å². The molecule has 212 valence electrons. The Kier molecular flexibility index (Phi) is 8.59. The molecule has 1 unspecified atom stereocenters. The molecule has 4 aromatic rings. The lowest BCUT2D eigenvalue weighted by Gasteiger charge is -2.29. The van der Waals surface area contributed by atoms with E-state index in [-0.39, 0.29) is 34.3 Å². The van der Waals surface area contributed by atoms with Crippen LogP contribution >= 0.6 is 0 Å². The summed E-state index contributed by atoms with van der Waals surface area (Å²) in [6.45, 7) is 1.12. The van der Waals surface area contributed by atoms with E-state index in [4.69, 9.17) is 9.47 Å². The van der Waals surface area contributed by atoms with Crippen molar-refractivity contribution in [2.75, 3.05) is 27.3 Å². The monoisotopic (exact) mass is 586 g/mol. The Morgan fingerprint density at radius 3 is 2.00 bits per heavy atom. The molecule has 0 aliphatic heterocycles. The molecule has 1 atom stereocenters. The van der Waals surface area contributed by atoms with E-state index >= 15 is 0 Å². The first-order valence-corrected chi connectivity index (χ1v) is 15.2. The van der Waals surface area contributed by atoms with Crippen molar-refractivity contribution < 1.29 is 26.3 Å². The summed E-state index contributed by atoms with van der Waals surface area (Å²) in [4.78, 5) is 17.6. The van der Waals surface area contributed by atoms with Crippen LogP contribution in [0.2, 0.25) is 0 Å². The molecule has 40 heavy (non-hydrogen) atoms. The number of methoxy groups -OCH3 is 2. The first kappa shape index (κ1) is 29.2. The van der Waals surface area contributed by atoms with Crippen LogP contribution in [-0.2, 0) is 27.1 Å². The predicted octanol–water partition coefficient (Wildman–Crippen LogP) is 2.68. The Morgan fingerprint density at radius 2 is 1.43 bits per heavy atom. The smallest absolute Gasteiger partial charge is 0.261 e. The molecule has 0 bridgehead atoms. The highest BCUT2D eigenvalue weighted by Crippen LogP contribution is 2.28. The molecule has 13 heteroatoms. The SMILES string of the molecule is COc1ccc(S(=O)(=O)NCCN(C(C)c2nc3ccccc3c(=O)n2C)S(=O)(=O)c2ccc(OC)cc2)cc1. The molecule has 0 radical (unpaired) electrons. The largest absolute Gasteiger partial charge is 0.497 e. The summed E-state index contributed by atoms with van der Waals surface area (Å²) in [6.07, 6.45) is 0. The fourth-order valence-electron chi connectivity index (χ4n) is 4.27. The fraction of sp³-hybridized carbons (Fsp3) is 0.259. The maximum atomic E-state index is 13.9. The van der Waals surface area contributed by atoms with Gasteiger partial charge in [-0.25, -0.2) is 26.5 Å². The molecule has 1 heterocycles. The van der Waals surface area contributed by atoms with Gasteiger partial charge in [0.1, 0.15) is 17.3 Å². The number of hydrogen-bond acceptors (Lipinski definition) is 8. The second-order valence-corrected chi connectivity index (χ2v) is 12.5. The van der Waals surface area contributed by atoms with Gasteiger partial charge < -0.3 is 9.47 Å². The molecule has 1 aromatic heterocycles. The summed E-state index contributed by atoms with van der Waals surface area (Å²) in [6, 6.07) is 17.5. The molecule has 0 saturated heterocycles. The lowest BCUT2D eigenvalue weighted by Crippen LogP contribution is -2.41. The lowest BCUT2D eigenvalue weighted by atomic mass is 10.2. The number of sulfonamides is 2. The van der Waals surface area contributed by atoms with Gasteiger partial charge in [0.15, 0.2) is 0 Å². The average molecular weight is 587 g/mol. The number of benzene rings is 3. The topological polar surface area (TPSA) is 137 Å². The molecule has 1 N–H and O–H groups in total. The zero-order valence-electron chi connectivity index (χ0n) is 22.4. The standard InChI is InChI=1S/C27H30N4O7S2/c1-19(26-29-25-8-6-5-7-24(25)27(32)30(26)2)31(40(35,36)23-15-11-21(38-4)12-16-23)18-17-28-39(33,34)22-13-9-20(37-3)10-14-22/h5-16,19,28H,17-18H2,1-4H3. The van der Waals surface area contributed by atoms with Crippen molar-refractivity contribution in [1.82, 2.24) is 18.6 Å². The second-order valence-electron chi connectivity index (χ2n) is 8.89. The van der Waals surface area contributed by atoms with E-state index in [0.717, 1.165) is 4.31 Å². The van der Waals surface area contributed by atoms with Crippen LogP contribution in [0.5, 0.6) is 11.5 Å². The van der Waals surface area contributed by atoms with Crippen molar-refractivity contribution in [3.05, 3.63) is 89.0 Å². The van der Waals surface area contributed by atoms with E-state index < -0.39 is 26.1 Å². The Hall–Kier alpha value is -3.78. The Labute approximate surface area is 233 Å². The molecule has 0 aliphatic rings. The summed E-state index contributed by atoms with van der Waals surface area (Å²) >= 11 is 0. The quantitative estimate of drug-likeness (QED) is 0.283. The molecule has 0 spiro atoms. The Balaban J connectivity index is 1.70. The zero-order valence-corrected chi connectivity index (χ0v) is 24.1. The normalized spacial score (nSPS) is 12.9. The van der Waals surface area contributed by atoms with Gasteiger partial charge in [-0.3, -0.25) is 9.36 Å². The lowest BCUT2D eigenvalue weighted by molar-refractivity contribution is 0.327. The van der Waals surface area contributed by atoms with Gasteiger partial charge in [0.05, 0.1) is 41.0 Å². The molecular weight excluding hydrogens is 556 g/mol. The highest BCUT2D eigenvalue weighted by molar-refractivity contribution is 7.89.